The zero-order valence-corrected chi connectivity index (χ0v) is 13.5. The van der Waals surface area contributed by atoms with Crippen molar-refractivity contribution in [1.29, 1.82) is 0 Å². The number of hydrogen-bond donors (Lipinski definition) is 2. The highest BCUT2D eigenvalue weighted by Crippen LogP contribution is 2.23. The Bertz CT molecular complexity index is 927. The van der Waals surface area contributed by atoms with Gasteiger partial charge < -0.3 is 10.6 Å². The highest BCUT2D eigenvalue weighted by molar-refractivity contribution is 5.93. The fourth-order valence-corrected chi connectivity index (χ4v) is 2.30. The van der Waals surface area contributed by atoms with E-state index < -0.39 is 23.4 Å². The van der Waals surface area contributed by atoms with Gasteiger partial charge in [0.05, 0.1) is 0 Å². The smallest absolute Gasteiger partial charge is 0.270 e. The van der Waals surface area contributed by atoms with Crippen molar-refractivity contribution in [2.75, 3.05) is 5.32 Å². The standard InChI is InChI=1S/C19H14F3N3O/c20-14-5-2-1-4-12(14)11-24-19(26)17-10-13(8-9-23-17)25-18-15(21)6-3-7-16(18)22/h1-10H,11H2,(H,23,25)(H,24,26). The molecule has 2 aromatic carbocycles. The van der Waals surface area contributed by atoms with E-state index in [2.05, 4.69) is 15.6 Å². The molecule has 0 aliphatic rings. The zero-order valence-electron chi connectivity index (χ0n) is 13.5. The number of carbonyl (C=O) groups is 1. The first-order valence-electron chi connectivity index (χ1n) is 7.73. The van der Waals surface area contributed by atoms with Gasteiger partial charge in [-0.15, -0.1) is 0 Å². The van der Waals surface area contributed by atoms with Gasteiger partial charge in [0.1, 0.15) is 28.8 Å². The Hall–Kier alpha value is -3.35. The highest BCUT2D eigenvalue weighted by Gasteiger charge is 2.12. The number of carbonyl (C=O) groups excluding carboxylic acids is 1. The van der Waals surface area contributed by atoms with Gasteiger partial charge in [-0.3, -0.25) is 9.78 Å². The van der Waals surface area contributed by atoms with Crippen LogP contribution >= 0.6 is 0 Å². The first-order chi connectivity index (χ1) is 12.5. The van der Waals surface area contributed by atoms with Crippen LogP contribution in [0.5, 0.6) is 0 Å². The SMILES string of the molecule is O=C(NCc1ccccc1F)c1cc(Nc2c(F)cccc2F)ccn1. The average Bonchev–Trinajstić information content (AvgIpc) is 2.64. The number of halogens is 3. The molecular formula is C19H14F3N3O. The van der Waals surface area contributed by atoms with Crippen LogP contribution in [0, 0.1) is 17.5 Å². The number of amides is 1. The van der Waals surface area contributed by atoms with E-state index in [9.17, 15) is 18.0 Å². The van der Waals surface area contributed by atoms with E-state index in [1.807, 2.05) is 0 Å². The average molecular weight is 357 g/mol. The normalized spacial score (nSPS) is 10.4. The molecule has 0 fully saturated rings. The van der Waals surface area contributed by atoms with Gasteiger partial charge in [-0.2, -0.15) is 0 Å². The molecule has 0 spiro atoms. The number of nitrogens with one attached hydrogen (secondary N) is 2. The van der Waals surface area contributed by atoms with Gasteiger partial charge in [0.25, 0.3) is 5.91 Å². The fourth-order valence-electron chi connectivity index (χ4n) is 2.30. The van der Waals surface area contributed by atoms with Crippen molar-refractivity contribution in [3.63, 3.8) is 0 Å². The molecule has 0 bridgehead atoms. The van der Waals surface area contributed by atoms with Gasteiger partial charge in [-0.1, -0.05) is 24.3 Å². The maximum absolute atomic E-state index is 13.7. The predicted molar refractivity (Wildman–Crippen MR) is 91.4 cm³/mol. The van der Waals surface area contributed by atoms with Gasteiger partial charge in [-0.25, -0.2) is 13.2 Å². The summed E-state index contributed by atoms with van der Waals surface area (Å²) in [5, 5.41) is 5.14. The van der Waals surface area contributed by atoms with E-state index in [4.69, 9.17) is 0 Å². The maximum atomic E-state index is 13.7. The van der Waals surface area contributed by atoms with Gasteiger partial charge in [0.2, 0.25) is 0 Å². The lowest BCUT2D eigenvalue weighted by Gasteiger charge is -2.10. The Morgan fingerprint density at radius 2 is 1.62 bits per heavy atom. The summed E-state index contributed by atoms with van der Waals surface area (Å²) in [4.78, 5) is 16.1. The molecule has 26 heavy (non-hydrogen) atoms. The summed E-state index contributed by atoms with van der Waals surface area (Å²) in [5.41, 5.74) is 0.336. The van der Waals surface area contributed by atoms with Crippen molar-refractivity contribution >= 4 is 17.3 Å². The molecule has 0 aliphatic carbocycles. The van der Waals surface area contributed by atoms with Crippen molar-refractivity contribution in [2.45, 2.75) is 6.54 Å². The lowest BCUT2D eigenvalue weighted by molar-refractivity contribution is 0.0945. The third-order valence-electron chi connectivity index (χ3n) is 3.62. The van der Waals surface area contributed by atoms with Crippen molar-refractivity contribution in [1.82, 2.24) is 10.3 Å². The molecular weight excluding hydrogens is 343 g/mol. The Morgan fingerprint density at radius 1 is 0.923 bits per heavy atom. The van der Waals surface area contributed by atoms with Gasteiger partial charge in [0, 0.05) is 24.0 Å². The van der Waals surface area contributed by atoms with Crippen LogP contribution in [0.3, 0.4) is 0 Å². The van der Waals surface area contributed by atoms with Crippen LogP contribution in [0.25, 0.3) is 0 Å². The monoisotopic (exact) mass is 357 g/mol. The molecule has 0 atom stereocenters. The number of para-hydroxylation sites is 1. The molecule has 2 N–H and O–H groups in total. The Kier molecular flexibility index (Phi) is 5.17. The van der Waals surface area contributed by atoms with E-state index in [1.165, 1.54) is 30.5 Å². The molecule has 0 unspecified atom stereocenters. The molecule has 132 valence electrons. The molecule has 0 aliphatic heterocycles. The summed E-state index contributed by atoms with van der Waals surface area (Å²) in [5.74, 6) is -2.48. The summed E-state index contributed by atoms with van der Waals surface area (Å²) in [7, 11) is 0. The highest BCUT2D eigenvalue weighted by atomic mass is 19.1. The van der Waals surface area contributed by atoms with E-state index >= 15 is 0 Å². The number of benzene rings is 2. The molecule has 3 rings (SSSR count). The lowest BCUT2D eigenvalue weighted by Crippen LogP contribution is -2.24. The van der Waals surface area contributed by atoms with Crippen LogP contribution in [-0.2, 0) is 6.54 Å². The third kappa shape index (κ3) is 4.00. The zero-order chi connectivity index (χ0) is 18.5. The van der Waals surface area contributed by atoms with Crippen molar-refractivity contribution < 1.29 is 18.0 Å². The fraction of sp³-hybridized carbons (Fsp3) is 0.0526. The summed E-state index contributed by atoms with van der Waals surface area (Å²) in [6, 6.07) is 12.4. The molecule has 1 heterocycles. The largest absolute Gasteiger partial charge is 0.351 e. The van der Waals surface area contributed by atoms with E-state index in [0.717, 1.165) is 12.1 Å². The molecule has 7 heteroatoms. The van der Waals surface area contributed by atoms with Crippen LogP contribution in [-0.4, -0.2) is 10.9 Å². The quantitative estimate of drug-likeness (QED) is 0.721. The van der Waals surface area contributed by atoms with Crippen molar-refractivity contribution in [3.05, 3.63) is 89.5 Å². The number of nitrogens with zero attached hydrogens (tertiary/aromatic N) is 1. The second-order valence-corrected chi connectivity index (χ2v) is 5.43. The maximum Gasteiger partial charge on any atom is 0.270 e. The molecule has 3 aromatic rings. The van der Waals surface area contributed by atoms with Crippen molar-refractivity contribution in [3.8, 4) is 0 Å². The van der Waals surface area contributed by atoms with Gasteiger partial charge >= 0.3 is 0 Å². The Labute approximate surface area is 147 Å². The summed E-state index contributed by atoms with van der Waals surface area (Å²) in [6.07, 6.45) is 1.33. The van der Waals surface area contributed by atoms with Gasteiger partial charge in [-0.05, 0) is 30.3 Å². The minimum Gasteiger partial charge on any atom is -0.351 e. The molecule has 1 aromatic heterocycles. The molecule has 0 saturated carbocycles. The second-order valence-electron chi connectivity index (χ2n) is 5.43. The van der Waals surface area contributed by atoms with E-state index in [1.54, 1.807) is 18.2 Å². The first-order valence-corrected chi connectivity index (χ1v) is 7.73. The first kappa shape index (κ1) is 17.5. The molecule has 0 radical (unpaired) electrons. The number of anilines is 2. The summed E-state index contributed by atoms with van der Waals surface area (Å²) >= 11 is 0. The van der Waals surface area contributed by atoms with Crippen LogP contribution in [0.15, 0.2) is 60.8 Å². The van der Waals surface area contributed by atoms with Crippen LogP contribution in [0.1, 0.15) is 16.1 Å². The van der Waals surface area contributed by atoms with Crippen LogP contribution in [0.4, 0.5) is 24.5 Å². The molecule has 0 saturated heterocycles. The number of hydrogen-bond acceptors (Lipinski definition) is 3. The van der Waals surface area contributed by atoms with E-state index in [0.29, 0.717) is 11.3 Å². The lowest BCUT2D eigenvalue weighted by atomic mass is 10.2. The second kappa shape index (κ2) is 7.69. The molecule has 1 amide bonds. The van der Waals surface area contributed by atoms with Crippen LogP contribution in [0.2, 0.25) is 0 Å². The van der Waals surface area contributed by atoms with Crippen molar-refractivity contribution in [2.24, 2.45) is 0 Å². The van der Waals surface area contributed by atoms with Gasteiger partial charge in [0.15, 0.2) is 0 Å². The minimum absolute atomic E-state index is 0.00716. The number of rotatable bonds is 5. The van der Waals surface area contributed by atoms with E-state index in [-0.39, 0.29) is 17.9 Å². The Balaban J connectivity index is 1.72. The summed E-state index contributed by atoms with van der Waals surface area (Å²) in [6.45, 7) is -0.00716. The predicted octanol–water partition coefficient (Wildman–Crippen LogP) is 4.17. The summed E-state index contributed by atoms with van der Waals surface area (Å²) < 4.78 is 41.0. The molecule has 4 nitrogen and oxygen atoms in total. The topological polar surface area (TPSA) is 54.0 Å². The minimum atomic E-state index is -0.757. The number of pyridine rings is 1. The van der Waals surface area contributed by atoms with Crippen LogP contribution < -0.4 is 10.6 Å². The third-order valence-corrected chi connectivity index (χ3v) is 3.62. The number of aromatic nitrogens is 1. The Morgan fingerprint density at radius 3 is 2.35 bits per heavy atom.